The molecule has 0 radical (unpaired) electrons. The van der Waals surface area contributed by atoms with Crippen LogP contribution in [-0.2, 0) is 16.0 Å². The Morgan fingerprint density at radius 1 is 1.60 bits per heavy atom. The van der Waals surface area contributed by atoms with Crippen molar-refractivity contribution in [3.05, 3.63) is 16.9 Å². The number of nitrogens with zero attached hydrogens (tertiary/aromatic N) is 2. The number of aromatic nitrogens is 2. The highest BCUT2D eigenvalue weighted by Crippen LogP contribution is 2.30. The molecule has 2 unspecified atom stereocenters. The zero-order chi connectivity index (χ0) is 14.4. The van der Waals surface area contributed by atoms with Crippen LogP contribution < -0.4 is 5.32 Å². The fourth-order valence-electron chi connectivity index (χ4n) is 2.69. The van der Waals surface area contributed by atoms with Gasteiger partial charge >= 0.3 is 0 Å². The Morgan fingerprint density at radius 2 is 2.45 bits per heavy atom. The number of hydrogen-bond donors (Lipinski definition) is 1. The average molecular weight is 302 g/mol. The van der Waals surface area contributed by atoms with Crippen molar-refractivity contribution in [3.8, 4) is 0 Å². The molecule has 1 aliphatic rings. The lowest BCUT2D eigenvalue weighted by Gasteiger charge is -2.31. The minimum Gasteiger partial charge on any atom is -0.383 e. The molecule has 2 heterocycles. The summed E-state index contributed by atoms with van der Waals surface area (Å²) in [5.41, 5.74) is 1.01. The van der Waals surface area contributed by atoms with Crippen molar-refractivity contribution in [2.45, 2.75) is 44.9 Å². The van der Waals surface area contributed by atoms with Gasteiger partial charge in [-0.05, 0) is 25.8 Å². The molecule has 1 saturated heterocycles. The summed E-state index contributed by atoms with van der Waals surface area (Å²) in [6.45, 7) is 5.12. The zero-order valence-corrected chi connectivity index (χ0v) is 13.0. The lowest BCUT2D eigenvalue weighted by Crippen LogP contribution is -2.37. The number of likely N-dealkylation sites (N-methyl/N-ethyl adjacent to an activating group) is 1. The van der Waals surface area contributed by atoms with E-state index >= 15 is 0 Å². The highest BCUT2D eigenvalue weighted by atomic mass is 35.5. The Labute approximate surface area is 125 Å². The second kappa shape index (κ2) is 7.98. The SMILES string of the molecule is CCNC(c1c(Cl)cnn1CCOC)C1CCCCO1. The summed E-state index contributed by atoms with van der Waals surface area (Å²) >= 11 is 6.35. The Bertz CT molecular complexity index is 405. The molecule has 0 spiro atoms. The molecule has 0 aliphatic carbocycles. The number of ether oxygens (including phenoxy) is 2. The van der Waals surface area contributed by atoms with Crippen molar-refractivity contribution in [1.82, 2.24) is 15.1 Å². The molecular weight excluding hydrogens is 278 g/mol. The van der Waals surface area contributed by atoms with E-state index in [1.807, 2.05) is 4.68 Å². The summed E-state index contributed by atoms with van der Waals surface area (Å²) in [5.74, 6) is 0. The molecule has 2 rings (SSSR count). The molecule has 0 bridgehead atoms. The van der Waals surface area contributed by atoms with Crippen LogP contribution in [0.3, 0.4) is 0 Å². The average Bonchev–Trinajstić information content (AvgIpc) is 2.84. The summed E-state index contributed by atoms with van der Waals surface area (Å²) in [4.78, 5) is 0. The first-order valence-corrected chi connectivity index (χ1v) is 7.70. The second-order valence-electron chi connectivity index (χ2n) is 5.03. The van der Waals surface area contributed by atoms with Crippen LogP contribution in [0.5, 0.6) is 0 Å². The van der Waals surface area contributed by atoms with Crippen LogP contribution >= 0.6 is 11.6 Å². The lowest BCUT2D eigenvalue weighted by atomic mass is 9.99. The third-order valence-corrected chi connectivity index (χ3v) is 3.94. The minimum atomic E-state index is 0.0900. The van der Waals surface area contributed by atoms with Gasteiger partial charge in [0.25, 0.3) is 0 Å². The first-order valence-electron chi connectivity index (χ1n) is 7.33. The van der Waals surface area contributed by atoms with Gasteiger partial charge < -0.3 is 14.8 Å². The summed E-state index contributed by atoms with van der Waals surface area (Å²) in [5, 5.41) is 8.56. The summed E-state index contributed by atoms with van der Waals surface area (Å²) in [6, 6.07) is 0.0900. The molecule has 0 amide bonds. The van der Waals surface area contributed by atoms with E-state index in [1.54, 1.807) is 13.3 Å². The highest BCUT2D eigenvalue weighted by Gasteiger charge is 2.29. The van der Waals surface area contributed by atoms with Gasteiger partial charge in [0.1, 0.15) is 0 Å². The molecule has 1 aliphatic heterocycles. The normalized spacial score (nSPS) is 21.1. The standard InChI is InChI=1S/C14H24ClN3O2/c1-3-16-13(12-6-4-5-8-20-12)14-11(15)10-17-18(14)7-9-19-2/h10,12-13,16H,3-9H2,1-2H3. The van der Waals surface area contributed by atoms with Gasteiger partial charge in [0.2, 0.25) is 0 Å². The third kappa shape index (κ3) is 3.73. The first-order chi connectivity index (χ1) is 9.77. The maximum Gasteiger partial charge on any atom is 0.0835 e. The van der Waals surface area contributed by atoms with Crippen molar-refractivity contribution < 1.29 is 9.47 Å². The van der Waals surface area contributed by atoms with Crippen molar-refractivity contribution in [3.63, 3.8) is 0 Å². The van der Waals surface area contributed by atoms with Crippen molar-refractivity contribution in [2.24, 2.45) is 0 Å². The highest BCUT2D eigenvalue weighted by molar-refractivity contribution is 6.31. The zero-order valence-electron chi connectivity index (χ0n) is 12.3. The number of methoxy groups -OCH3 is 1. The molecule has 1 fully saturated rings. The van der Waals surface area contributed by atoms with Crippen LogP contribution in [0.25, 0.3) is 0 Å². The van der Waals surface area contributed by atoms with Crippen molar-refractivity contribution in [2.75, 3.05) is 26.9 Å². The van der Waals surface area contributed by atoms with Crippen LogP contribution in [0, 0.1) is 0 Å². The summed E-state index contributed by atoms with van der Waals surface area (Å²) < 4.78 is 13.0. The quantitative estimate of drug-likeness (QED) is 0.840. The Kier molecular flexibility index (Phi) is 6.29. The van der Waals surface area contributed by atoms with Crippen LogP contribution in [0.15, 0.2) is 6.20 Å². The van der Waals surface area contributed by atoms with Gasteiger partial charge in [-0.25, -0.2) is 0 Å². The first kappa shape index (κ1) is 15.8. The summed E-state index contributed by atoms with van der Waals surface area (Å²) in [6.07, 6.45) is 5.28. The molecule has 1 aromatic rings. The van der Waals surface area contributed by atoms with Gasteiger partial charge in [-0.2, -0.15) is 5.10 Å². The largest absolute Gasteiger partial charge is 0.383 e. The molecule has 0 saturated carbocycles. The number of nitrogens with one attached hydrogen (secondary N) is 1. The molecular formula is C14H24ClN3O2. The van der Waals surface area contributed by atoms with Gasteiger partial charge in [-0.1, -0.05) is 18.5 Å². The van der Waals surface area contributed by atoms with Crippen molar-refractivity contribution in [1.29, 1.82) is 0 Å². The molecule has 5 nitrogen and oxygen atoms in total. The predicted molar refractivity (Wildman–Crippen MR) is 79.1 cm³/mol. The molecule has 6 heteroatoms. The van der Waals surface area contributed by atoms with Gasteiger partial charge in [0, 0.05) is 13.7 Å². The third-order valence-electron chi connectivity index (χ3n) is 3.65. The van der Waals surface area contributed by atoms with Crippen molar-refractivity contribution >= 4 is 11.6 Å². The van der Waals surface area contributed by atoms with Gasteiger partial charge in [-0.15, -0.1) is 0 Å². The van der Waals surface area contributed by atoms with E-state index in [0.717, 1.165) is 31.7 Å². The second-order valence-corrected chi connectivity index (χ2v) is 5.44. The number of hydrogen-bond acceptors (Lipinski definition) is 4. The Balaban J connectivity index is 2.20. The molecule has 0 aromatic carbocycles. The van der Waals surface area contributed by atoms with Crippen LogP contribution in [0.1, 0.15) is 37.9 Å². The Hall–Kier alpha value is -0.620. The van der Waals surface area contributed by atoms with E-state index in [9.17, 15) is 0 Å². The van der Waals surface area contributed by atoms with Gasteiger partial charge in [0.15, 0.2) is 0 Å². The minimum absolute atomic E-state index is 0.0900. The predicted octanol–water partition coefficient (Wildman–Crippen LogP) is 2.40. The van der Waals surface area contributed by atoms with E-state index in [1.165, 1.54) is 6.42 Å². The molecule has 2 atom stereocenters. The smallest absolute Gasteiger partial charge is 0.0835 e. The van der Waals surface area contributed by atoms with E-state index in [2.05, 4.69) is 17.3 Å². The molecule has 1 aromatic heterocycles. The van der Waals surface area contributed by atoms with Crippen LogP contribution in [0.2, 0.25) is 5.02 Å². The van der Waals surface area contributed by atoms with E-state index in [0.29, 0.717) is 18.2 Å². The fourth-order valence-corrected chi connectivity index (χ4v) is 2.95. The maximum atomic E-state index is 6.35. The van der Waals surface area contributed by atoms with Gasteiger partial charge in [-0.3, -0.25) is 4.68 Å². The molecule has 114 valence electrons. The topological polar surface area (TPSA) is 48.3 Å². The van der Waals surface area contributed by atoms with Crippen LogP contribution in [-0.4, -0.2) is 42.8 Å². The maximum absolute atomic E-state index is 6.35. The Morgan fingerprint density at radius 3 is 3.10 bits per heavy atom. The number of rotatable bonds is 7. The van der Waals surface area contributed by atoms with E-state index in [4.69, 9.17) is 21.1 Å². The molecule has 1 N–H and O–H groups in total. The fraction of sp³-hybridized carbons (Fsp3) is 0.786. The van der Waals surface area contributed by atoms with E-state index < -0.39 is 0 Å². The van der Waals surface area contributed by atoms with Crippen LogP contribution in [0.4, 0.5) is 0 Å². The number of halogens is 1. The molecule has 20 heavy (non-hydrogen) atoms. The monoisotopic (exact) mass is 301 g/mol. The lowest BCUT2D eigenvalue weighted by molar-refractivity contribution is -0.00987. The van der Waals surface area contributed by atoms with Gasteiger partial charge in [0.05, 0.1) is 42.2 Å². The summed E-state index contributed by atoms with van der Waals surface area (Å²) in [7, 11) is 1.69. The van der Waals surface area contributed by atoms with E-state index in [-0.39, 0.29) is 12.1 Å².